The van der Waals surface area contributed by atoms with E-state index in [0.29, 0.717) is 5.75 Å². The van der Waals surface area contributed by atoms with Gasteiger partial charge in [0.05, 0.1) is 19.7 Å². The van der Waals surface area contributed by atoms with Crippen LogP contribution in [0.1, 0.15) is 12.5 Å². The van der Waals surface area contributed by atoms with E-state index in [0.717, 1.165) is 28.6 Å². The molecule has 0 aliphatic heterocycles. The Labute approximate surface area is 130 Å². The monoisotopic (exact) mass is 293 g/mol. The van der Waals surface area contributed by atoms with E-state index in [2.05, 4.69) is 36.2 Å². The van der Waals surface area contributed by atoms with E-state index in [1.807, 2.05) is 24.4 Å². The molecular formula is C19H19NO2. The third kappa shape index (κ3) is 2.50. The van der Waals surface area contributed by atoms with Crippen LogP contribution in [0, 0.1) is 0 Å². The van der Waals surface area contributed by atoms with Gasteiger partial charge in [-0.3, -0.25) is 4.98 Å². The number of aromatic nitrogens is 1. The summed E-state index contributed by atoms with van der Waals surface area (Å²) in [4.78, 5) is 4.45. The zero-order valence-electron chi connectivity index (χ0n) is 13.1. The number of hydrogen-bond donors (Lipinski definition) is 0. The molecule has 0 unspecified atom stereocenters. The molecule has 22 heavy (non-hydrogen) atoms. The molecule has 0 spiro atoms. The maximum Gasteiger partial charge on any atom is 0.162 e. The number of hydrogen-bond acceptors (Lipinski definition) is 3. The molecule has 1 heterocycles. The van der Waals surface area contributed by atoms with Gasteiger partial charge in [0.25, 0.3) is 0 Å². The summed E-state index contributed by atoms with van der Waals surface area (Å²) in [5.41, 5.74) is 4.56. The lowest BCUT2D eigenvalue weighted by Crippen LogP contribution is -1.92. The Hall–Kier alpha value is -2.55. The fourth-order valence-corrected chi connectivity index (χ4v) is 2.64. The standard InChI is InChI=1S/C19H19NO2/c1-4-13-5-7-14(8-6-13)15-9-10-20-17-12-19(22-3)18(21-2)11-16(15)17/h5-12H,4H2,1-3H3. The normalized spacial score (nSPS) is 10.7. The molecule has 0 aliphatic carbocycles. The van der Waals surface area contributed by atoms with Gasteiger partial charge in [-0.1, -0.05) is 31.2 Å². The van der Waals surface area contributed by atoms with Gasteiger partial charge in [-0.2, -0.15) is 0 Å². The second-order valence-electron chi connectivity index (χ2n) is 5.13. The number of nitrogens with zero attached hydrogens (tertiary/aromatic N) is 1. The van der Waals surface area contributed by atoms with E-state index in [9.17, 15) is 0 Å². The third-order valence-electron chi connectivity index (χ3n) is 3.92. The minimum Gasteiger partial charge on any atom is -0.493 e. The number of rotatable bonds is 4. The lowest BCUT2D eigenvalue weighted by atomic mass is 9.99. The molecule has 0 amide bonds. The van der Waals surface area contributed by atoms with Crippen LogP contribution in [0.15, 0.2) is 48.7 Å². The third-order valence-corrected chi connectivity index (χ3v) is 3.92. The van der Waals surface area contributed by atoms with E-state index in [1.165, 1.54) is 11.1 Å². The van der Waals surface area contributed by atoms with Gasteiger partial charge in [0.2, 0.25) is 0 Å². The fraction of sp³-hybridized carbons (Fsp3) is 0.211. The Bertz CT molecular complexity index is 794. The van der Waals surface area contributed by atoms with Crippen molar-refractivity contribution in [2.45, 2.75) is 13.3 Å². The minimum absolute atomic E-state index is 0.695. The smallest absolute Gasteiger partial charge is 0.162 e. The maximum absolute atomic E-state index is 5.42. The lowest BCUT2D eigenvalue weighted by molar-refractivity contribution is 0.356. The average Bonchev–Trinajstić information content (AvgIpc) is 2.60. The van der Waals surface area contributed by atoms with Gasteiger partial charge >= 0.3 is 0 Å². The van der Waals surface area contributed by atoms with Crippen molar-refractivity contribution in [3.05, 3.63) is 54.2 Å². The topological polar surface area (TPSA) is 31.4 Å². The van der Waals surface area contributed by atoms with Crippen LogP contribution in [-0.4, -0.2) is 19.2 Å². The maximum atomic E-state index is 5.42. The first-order chi connectivity index (χ1) is 10.8. The van der Waals surface area contributed by atoms with Gasteiger partial charge in [0.15, 0.2) is 11.5 Å². The largest absolute Gasteiger partial charge is 0.493 e. The zero-order chi connectivity index (χ0) is 15.5. The van der Waals surface area contributed by atoms with Crippen LogP contribution in [0.4, 0.5) is 0 Å². The highest BCUT2D eigenvalue weighted by Gasteiger charge is 2.10. The average molecular weight is 293 g/mol. The van der Waals surface area contributed by atoms with Crippen LogP contribution in [0.2, 0.25) is 0 Å². The van der Waals surface area contributed by atoms with E-state index in [4.69, 9.17) is 9.47 Å². The Morgan fingerprint density at radius 2 is 1.59 bits per heavy atom. The van der Waals surface area contributed by atoms with Gasteiger partial charge in [-0.25, -0.2) is 0 Å². The van der Waals surface area contributed by atoms with Crippen molar-refractivity contribution in [1.29, 1.82) is 0 Å². The van der Waals surface area contributed by atoms with Crippen LogP contribution in [-0.2, 0) is 6.42 Å². The predicted octanol–water partition coefficient (Wildman–Crippen LogP) is 4.48. The summed E-state index contributed by atoms with van der Waals surface area (Å²) in [6.45, 7) is 2.16. The highest BCUT2D eigenvalue weighted by Crippen LogP contribution is 2.36. The molecule has 0 saturated heterocycles. The summed E-state index contributed by atoms with van der Waals surface area (Å²) in [6, 6.07) is 14.6. The molecule has 0 radical (unpaired) electrons. The van der Waals surface area contributed by atoms with Crippen molar-refractivity contribution in [3.63, 3.8) is 0 Å². The number of benzene rings is 2. The first kappa shape index (κ1) is 14.4. The Kier molecular flexibility index (Phi) is 3.96. The van der Waals surface area contributed by atoms with Gasteiger partial charge < -0.3 is 9.47 Å². The highest BCUT2D eigenvalue weighted by molar-refractivity contribution is 5.96. The molecule has 3 nitrogen and oxygen atoms in total. The van der Waals surface area contributed by atoms with Gasteiger partial charge in [0.1, 0.15) is 0 Å². The number of methoxy groups -OCH3 is 2. The Morgan fingerprint density at radius 1 is 0.909 bits per heavy atom. The van der Waals surface area contributed by atoms with Crippen molar-refractivity contribution >= 4 is 10.9 Å². The van der Waals surface area contributed by atoms with E-state index >= 15 is 0 Å². The van der Waals surface area contributed by atoms with Crippen LogP contribution in [0.5, 0.6) is 11.5 Å². The SMILES string of the molecule is CCc1ccc(-c2ccnc3cc(OC)c(OC)cc23)cc1. The molecule has 0 fully saturated rings. The quantitative estimate of drug-likeness (QED) is 0.710. The second-order valence-corrected chi connectivity index (χ2v) is 5.13. The van der Waals surface area contributed by atoms with Crippen molar-refractivity contribution in [1.82, 2.24) is 4.98 Å². The second kappa shape index (κ2) is 6.06. The molecule has 112 valence electrons. The van der Waals surface area contributed by atoms with Crippen LogP contribution in [0.25, 0.3) is 22.0 Å². The van der Waals surface area contributed by atoms with Gasteiger partial charge in [-0.05, 0) is 35.2 Å². The van der Waals surface area contributed by atoms with E-state index in [-0.39, 0.29) is 0 Å². The molecule has 0 saturated carbocycles. The van der Waals surface area contributed by atoms with Crippen molar-refractivity contribution in [3.8, 4) is 22.6 Å². The van der Waals surface area contributed by atoms with Crippen molar-refractivity contribution < 1.29 is 9.47 Å². The highest BCUT2D eigenvalue weighted by atomic mass is 16.5. The fourth-order valence-electron chi connectivity index (χ4n) is 2.64. The Balaban J connectivity index is 2.20. The summed E-state index contributed by atoms with van der Waals surface area (Å²) in [6.07, 6.45) is 2.87. The molecular weight excluding hydrogens is 274 g/mol. The summed E-state index contributed by atoms with van der Waals surface area (Å²) in [7, 11) is 3.28. The molecule has 0 aliphatic rings. The number of ether oxygens (including phenoxy) is 2. The van der Waals surface area contributed by atoms with Crippen LogP contribution < -0.4 is 9.47 Å². The molecule has 3 aromatic rings. The Morgan fingerprint density at radius 3 is 2.23 bits per heavy atom. The molecule has 3 rings (SSSR count). The van der Waals surface area contributed by atoms with Crippen molar-refractivity contribution in [2.24, 2.45) is 0 Å². The van der Waals surface area contributed by atoms with Gasteiger partial charge in [-0.15, -0.1) is 0 Å². The molecule has 0 N–H and O–H groups in total. The van der Waals surface area contributed by atoms with Crippen molar-refractivity contribution in [2.75, 3.05) is 14.2 Å². The van der Waals surface area contributed by atoms with E-state index in [1.54, 1.807) is 14.2 Å². The van der Waals surface area contributed by atoms with E-state index < -0.39 is 0 Å². The summed E-state index contributed by atoms with van der Waals surface area (Å²) >= 11 is 0. The molecule has 2 aromatic carbocycles. The molecule has 0 atom stereocenters. The van der Waals surface area contributed by atoms with Crippen LogP contribution >= 0.6 is 0 Å². The summed E-state index contributed by atoms with van der Waals surface area (Å²) < 4.78 is 10.8. The lowest BCUT2D eigenvalue weighted by Gasteiger charge is -2.12. The molecule has 3 heteroatoms. The number of pyridine rings is 1. The molecule has 0 bridgehead atoms. The summed E-state index contributed by atoms with van der Waals surface area (Å²) in [5, 5.41) is 1.06. The first-order valence-corrected chi connectivity index (χ1v) is 7.37. The first-order valence-electron chi connectivity index (χ1n) is 7.37. The van der Waals surface area contributed by atoms with Crippen LogP contribution in [0.3, 0.4) is 0 Å². The number of fused-ring (bicyclic) bond motifs is 1. The minimum atomic E-state index is 0.695. The molecule has 1 aromatic heterocycles. The summed E-state index contributed by atoms with van der Waals surface area (Å²) in [5.74, 6) is 1.41. The zero-order valence-corrected chi connectivity index (χ0v) is 13.1. The predicted molar refractivity (Wildman–Crippen MR) is 89.7 cm³/mol. The number of aryl methyl sites for hydroxylation is 1. The van der Waals surface area contributed by atoms with Gasteiger partial charge in [0, 0.05) is 17.6 Å².